The molecule has 1 saturated carbocycles. The average molecular weight is 336 g/mol. The first kappa shape index (κ1) is 14.9. The third kappa shape index (κ3) is 3.03. The molecule has 1 aliphatic carbocycles. The summed E-state index contributed by atoms with van der Waals surface area (Å²) in [4.78, 5) is 16.6. The maximum atomic E-state index is 12.5. The number of carbonyl (C=O) groups excluding carboxylic acids is 1. The second-order valence-corrected chi connectivity index (χ2v) is 6.68. The summed E-state index contributed by atoms with van der Waals surface area (Å²) in [5.74, 6) is 0.614. The van der Waals surface area contributed by atoms with Gasteiger partial charge >= 0.3 is 0 Å². The summed E-state index contributed by atoms with van der Waals surface area (Å²) < 4.78 is 5.61. The van der Waals surface area contributed by atoms with Gasteiger partial charge in [0, 0.05) is 17.1 Å². The van der Waals surface area contributed by atoms with Crippen LogP contribution in [-0.4, -0.2) is 10.9 Å². The van der Waals surface area contributed by atoms with Gasteiger partial charge in [-0.25, -0.2) is 4.98 Å². The number of aromatic nitrogens is 1. The Morgan fingerprint density at radius 3 is 2.46 bits per heavy atom. The molecule has 1 heterocycles. The van der Waals surface area contributed by atoms with Crippen LogP contribution in [-0.2, 0) is 5.54 Å². The zero-order valence-electron chi connectivity index (χ0n) is 12.9. The van der Waals surface area contributed by atoms with Crippen LogP contribution in [0.4, 0.5) is 0 Å². The van der Waals surface area contributed by atoms with Gasteiger partial charge in [0.1, 0.15) is 5.75 Å². The third-order valence-electron chi connectivity index (χ3n) is 4.16. The van der Waals surface area contributed by atoms with Crippen LogP contribution < -0.4 is 10.1 Å². The molecule has 120 valence electrons. The number of carbonyl (C=O) groups is 1. The van der Waals surface area contributed by atoms with Gasteiger partial charge in [-0.05, 0) is 42.7 Å². The first-order valence-corrected chi connectivity index (χ1v) is 8.69. The quantitative estimate of drug-likeness (QED) is 0.753. The molecular weight excluding hydrogens is 320 g/mol. The van der Waals surface area contributed by atoms with Crippen molar-refractivity contribution in [2.45, 2.75) is 18.4 Å². The number of amides is 1. The van der Waals surface area contributed by atoms with E-state index in [9.17, 15) is 4.79 Å². The van der Waals surface area contributed by atoms with E-state index in [-0.39, 0.29) is 11.4 Å². The van der Waals surface area contributed by atoms with Crippen LogP contribution in [0.1, 0.15) is 28.8 Å². The van der Waals surface area contributed by atoms with E-state index < -0.39 is 0 Å². The van der Waals surface area contributed by atoms with Crippen molar-refractivity contribution in [3.8, 4) is 10.9 Å². The summed E-state index contributed by atoms with van der Waals surface area (Å²) in [7, 11) is 0. The predicted molar refractivity (Wildman–Crippen MR) is 93.5 cm³/mol. The fourth-order valence-corrected chi connectivity index (χ4v) is 3.20. The van der Waals surface area contributed by atoms with E-state index in [4.69, 9.17) is 4.74 Å². The lowest BCUT2D eigenvalue weighted by Crippen LogP contribution is -2.34. The first-order chi connectivity index (χ1) is 11.8. The molecule has 1 aliphatic rings. The minimum Gasteiger partial charge on any atom is -0.431 e. The van der Waals surface area contributed by atoms with Crippen molar-refractivity contribution in [1.29, 1.82) is 0 Å². The molecule has 0 saturated heterocycles. The minimum atomic E-state index is -0.200. The Balaban J connectivity index is 1.45. The van der Waals surface area contributed by atoms with E-state index in [1.54, 1.807) is 30.5 Å². The van der Waals surface area contributed by atoms with E-state index in [0.717, 1.165) is 12.8 Å². The van der Waals surface area contributed by atoms with Crippen molar-refractivity contribution in [1.82, 2.24) is 10.3 Å². The number of nitrogens with one attached hydrogen (secondary N) is 1. The van der Waals surface area contributed by atoms with Gasteiger partial charge in [0.15, 0.2) is 0 Å². The molecule has 3 aromatic rings. The molecule has 4 rings (SSSR count). The molecule has 24 heavy (non-hydrogen) atoms. The van der Waals surface area contributed by atoms with Crippen molar-refractivity contribution in [3.05, 3.63) is 77.3 Å². The molecule has 1 fully saturated rings. The molecule has 1 amide bonds. The average Bonchev–Trinajstić information content (AvgIpc) is 3.22. The van der Waals surface area contributed by atoms with Gasteiger partial charge in [-0.15, -0.1) is 0 Å². The minimum absolute atomic E-state index is 0.0582. The number of ether oxygens (including phenoxy) is 1. The van der Waals surface area contributed by atoms with Crippen molar-refractivity contribution in [3.63, 3.8) is 0 Å². The summed E-state index contributed by atoms with van der Waals surface area (Å²) in [5, 5.41) is 5.62. The first-order valence-electron chi connectivity index (χ1n) is 7.81. The van der Waals surface area contributed by atoms with Crippen LogP contribution in [0, 0.1) is 0 Å². The summed E-state index contributed by atoms with van der Waals surface area (Å²) in [6.45, 7) is 0. The maximum absolute atomic E-state index is 12.5. The Morgan fingerprint density at radius 1 is 1.08 bits per heavy atom. The van der Waals surface area contributed by atoms with Crippen LogP contribution in [0.25, 0.3) is 0 Å². The fourth-order valence-electron chi connectivity index (χ4n) is 2.69. The molecule has 0 atom stereocenters. The standard InChI is InChI=1S/C19H16N2O2S/c22-17(21-19(10-11-19)15-4-2-1-3-5-15)14-6-8-16(9-7-14)23-18-20-12-13-24-18/h1-9,12-13H,10-11H2,(H,21,22). The van der Waals surface area contributed by atoms with Gasteiger partial charge in [-0.2, -0.15) is 0 Å². The van der Waals surface area contributed by atoms with Crippen molar-refractivity contribution in [2.75, 3.05) is 0 Å². The molecule has 2 aromatic carbocycles. The zero-order chi connectivity index (χ0) is 16.4. The summed E-state index contributed by atoms with van der Waals surface area (Å²) >= 11 is 1.43. The van der Waals surface area contributed by atoms with Crippen molar-refractivity contribution in [2.24, 2.45) is 0 Å². The Kier molecular flexibility index (Phi) is 3.78. The topological polar surface area (TPSA) is 51.2 Å². The summed E-state index contributed by atoms with van der Waals surface area (Å²) in [6, 6.07) is 17.3. The number of hydrogen-bond acceptors (Lipinski definition) is 4. The van der Waals surface area contributed by atoms with Gasteiger partial charge in [-0.1, -0.05) is 41.7 Å². The lowest BCUT2D eigenvalue weighted by Gasteiger charge is -2.18. The van der Waals surface area contributed by atoms with Gasteiger partial charge in [0.2, 0.25) is 0 Å². The number of rotatable bonds is 5. The highest BCUT2D eigenvalue weighted by Crippen LogP contribution is 2.45. The molecule has 4 nitrogen and oxygen atoms in total. The van der Waals surface area contributed by atoms with E-state index in [1.807, 2.05) is 23.6 Å². The largest absolute Gasteiger partial charge is 0.431 e. The van der Waals surface area contributed by atoms with Crippen LogP contribution in [0.5, 0.6) is 10.9 Å². The number of benzene rings is 2. The maximum Gasteiger partial charge on any atom is 0.278 e. The highest BCUT2D eigenvalue weighted by molar-refractivity contribution is 7.11. The normalized spacial score (nSPS) is 14.8. The molecule has 1 aromatic heterocycles. The van der Waals surface area contributed by atoms with Gasteiger partial charge < -0.3 is 10.1 Å². The van der Waals surface area contributed by atoms with Crippen LogP contribution in [0.15, 0.2) is 66.2 Å². The number of nitrogens with zero attached hydrogens (tertiary/aromatic N) is 1. The van der Waals surface area contributed by atoms with Crippen molar-refractivity contribution < 1.29 is 9.53 Å². The second kappa shape index (κ2) is 6.09. The SMILES string of the molecule is O=C(NC1(c2ccccc2)CC1)c1ccc(Oc2nccs2)cc1. The van der Waals surface area contributed by atoms with E-state index in [1.165, 1.54) is 16.9 Å². The Hall–Kier alpha value is -2.66. The summed E-state index contributed by atoms with van der Waals surface area (Å²) in [6.07, 6.45) is 3.66. The van der Waals surface area contributed by atoms with Crippen LogP contribution >= 0.6 is 11.3 Å². The Morgan fingerprint density at radius 2 is 1.83 bits per heavy atom. The highest BCUT2D eigenvalue weighted by atomic mass is 32.1. The van der Waals surface area contributed by atoms with E-state index in [2.05, 4.69) is 22.4 Å². The molecule has 0 unspecified atom stereocenters. The van der Waals surface area contributed by atoms with Gasteiger partial charge in [0.05, 0.1) is 5.54 Å². The fraction of sp³-hybridized carbons (Fsp3) is 0.158. The highest BCUT2D eigenvalue weighted by Gasteiger charge is 2.45. The van der Waals surface area contributed by atoms with E-state index in [0.29, 0.717) is 16.5 Å². The third-order valence-corrected chi connectivity index (χ3v) is 4.81. The molecular formula is C19H16N2O2S. The van der Waals surface area contributed by atoms with Gasteiger partial charge in [-0.3, -0.25) is 4.79 Å². The molecule has 0 aliphatic heterocycles. The Labute approximate surface area is 144 Å². The van der Waals surface area contributed by atoms with E-state index >= 15 is 0 Å². The molecule has 0 spiro atoms. The molecule has 5 heteroatoms. The summed E-state index contributed by atoms with van der Waals surface area (Å²) in [5.41, 5.74) is 1.60. The molecule has 1 N–H and O–H groups in total. The zero-order valence-corrected chi connectivity index (χ0v) is 13.8. The van der Waals surface area contributed by atoms with Gasteiger partial charge in [0.25, 0.3) is 11.1 Å². The lowest BCUT2D eigenvalue weighted by molar-refractivity contribution is 0.0931. The molecule has 0 radical (unpaired) electrons. The van der Waals surface area contributed by atoms with Crippen molar-refractivity contribution >= 4 is 17.2 Å². The number of hydrogen-bond donors (Lipinski definition) is 1. The lowest BCUT2D eigenvalue weighted by atomic mass is 10.0. The van der Waals surface area contributed by atoms with Crippen LogP contribution in [0.2, 0.25) is 0 Å². The molecule has 0 bridgehead atoms. The smallest absolute Gasteiger partial charge is 0.278 e. The number of thiazole rings is 1. The monoisotopic (exact) mass is 336 g/mol. The predicted octanol–water partition coefficient (Wildman–Crippen LogP) is 4.35. The van der Waals surface area contributed by atoms with Crippen LogP contribution in [0.3, 0.4) is 0 Å². The Bertz CT molecular complexity index is 826. The second-order valence-electron chi connectivity index (χ2n) is 5.83.